The van der Waals surface area contributed by atoms with Crippen LogP contribution in [0, 0.1) is 0 Å². The SMILES string of the molecule is CCn1nnc2cc(C(=O)OCC(=O)c3ccc4c(c3)[C@@H](C)C(=O)N4)ccc21. The molecule has 0 spiro atoms. The zero-order chi connectivity index (χ0) is 19.8. The molecular formula is C20H18N4O4. The highest BCUT2D eigenvalue weighted by molar-refractivity contribution is 6.05. The molecule has 28 heavy (non-hydrogen) atoms. The van der Waals surface area contributed by atoms with Gasteiger partial charge in [-0.1, -0.05) is 5.21 Å². The maximum atomic E-state index is 12.4. The number of ketones is 1. The number of aromatic nitrogens is 3. The number of nitrogens with zero attached hydrogens (tertiary/aromatic N) is 3. The molecule has 0 bridgehead atoms. The van der Waals surface area contributed by atoms with E-state index >= 15 is 0 Å². The largest absolute Gasteiger partial charge is 0.454 e. The smallest absolute Gasteiger partial charge is 0.338 e. The van der Waals surface area contributed by atoms with E-state index in [1.807, 2.05) is 6.92 Å². The van der Waals surface area contributed by atoms with E-state index in [-0.39, 0.29) is 24.2 Å². The van der Waals surface area contributed by atoms with Crippen molar-refractivity contribution in [1.82, 2.24) is 15.0 Å². The van der Waals surface area contributed by atoms with Crippen molar-refractivity contribution < 1.29 is 19.1 Å². The number of benzene rings is 2. The van der Waals surface area contributed by atoms with Gasteiger partial charge in [-0.3, -0.25) is 9.59 Å². The van der Waals surface area contributed by atoms with Gasteiger partial charge in [0, 0.05) is 17.8 Å². The highest BCUT2D eigenvalue weighted by Crippen LogP contribution is 2.32. The number of rotatable bonds is 5. The summed E-state index contributed by atoms with van der Waals surface area (Å²) in [6.07, 6.45) is 0. The maximum absolute atomic E-state index is 12.4. The molecule has 0 saturated heterocycles. The first-order valence-electron chi connectivity index (χ1n) is 8.96. The van der Waals surface area contributed by atoms with E-state index in [0.29, 0.717) is 28.9 Å². The third-order valence-electron chi connectivity index (χ3n) is 4.87. The summed E-state index contributed by atoms with van der Waals surface area (Å²) in [5.74, 6) is -1.34. The van der Waals surface area contributed by atoms with Gasteiger partial charge in [0.05, 0.1) is 17.0 Å². The van der Waals surface area contributed by atoms with E-state index in [0.717, 1.165) is 11.1 Å². The first-order valence-corrected chi connectivity index (χ1v) is 8.96. The summed E-state index contributed by atoms with van der Waals surface area (Å²) >= 11 is 0. The molecule has 142 valence electrons. The predicted molar refractivity (Wildman–Crippen MR) is 101 cm³/mol. The number of amides is 1. The Labute approximate surface area is 160 Å². The zero-order valence-electron chi connectivity index (χ0n) is 15.4. The second-order valence-electron chi connectivity index (χ2n) is 6.62. The number of fused-ring (bicyclic) bond motifs is 2. The monoisotopic (exact) mass is 378 g/mol. The normalized spacial score (nSPS) is 15.4. The maximum Gasteiger partial charge on any atom is 0.338 e. The Morgan fingerprint density at radius 2 is 1.96 bits per heavy atom. The van der Waals surface area contributed by atoms with Crippen LogP contribution in [-0.4, -0.2) is 39.3 Å². The summed E-state index contributed by atoms with van der Waals surface area (Å²) in [6, 6.07) is 9.94. The van der Waals surface area contributed by atoms with Crippen LogP contribution in [-0.2, 0) is 16.1 Å². The van der Waals surface area contributed by atoms with Crippen molar-refractivity contribution in [3.05, 3.63) is 53.1 Å². The van der Waals surface area contributed by atoms with Crippen molar-refractivity contribution >= 4 is 34.4 Å². The van der Waals surface area contributed by atoms with Crippen LogP contribution in [0.2, 0.25) is 0 Å². The first kappa shape index (κ1) is 17.8. The van der Waals surface area contributed by atoms with Gasteiger partial charge >= 0.3 is 5.97 Å². The van der Waals surface area contributed by atoms with Gasteiger partial charge in [-0.15, -0.1) is 5.10 Å². The second-order valence-corrected chi connectivity index (χ2v) is 6.62. The second kappa shape index (κ2) is 6.88. The summed E-state index contributed by atoms with van der Waals surface area (Å²) in [5, 5.41) is 10.8. The number of carbonyl (C=O) groups excluding carboxylic acids is 3. The molecule has 2 heterocycles. The number of hydrogen-bond acceptors (Lipinski definition) is 6. The molecule has 0 fully saturated rings. The highest BCUT2D eigenvalue weighted by atomic mass is 16.5. The Hall–Kier alpha value is -3.55. The molecule has 1 N–H and O–H groups in total. The molecule has 8 heteroatoms. The van der Waals surface area contributed by atoms with Crippen molar-refractivity contribution in [3.63, 3.8) is 0 Å². The van der Waals surface area contributed by atoms with Crippen molar-refractivity contribution in [1.29, 1.82) is 0 Å². The molecule has 2 aromatic carbocycles. The van der Waals surface area contributed by atoms with E-state index in [9.17, 15) is 14.4 Å². The lowest BCUT2D eigenvalue weighted by atomic mass is 9.99. The van der Waals surface area contributed by atoms with E-state index in [2.05, 4.69) is 15.6 Å². The quantitative estimate of drug-likeness (QED) is 0.541. The van der Waals surface area contributed by atoms with Gasteiger partial charge in [-0.25, -0.2) is 9.48 Å². The molecule has 0 unspecified atom stereocenters. The van der Waals surface area contributed by atoms with Crippen molar-refractivity contribution in [2.24, 2.45) is 0 Å². The highest BCUT2D eigenvalue weighted by Gasteiger charge is 2.27. The fourth-order valence-electron chi connectivity index (χ4n) is 3.22. The Morgan fingerprint density at radius 3 is 2.75 bits per heavy atom. The minimum absolute atomic E-state index is 0.0959. The van der Waals surface area contributed by atoms with E-state index in [1.54, 1.807) is 48.0 Å². The lowest BCUT2D eigenvalue weighted by Gasteiger charge is -2.07. The minimum atomic E-state index is -0.604. The number of Topliss-reactive ketones (excluding diaryl/α,β-unsaturated/α-hetero) is 1. The number of esters is 1. The summed E-state index contributed by atoms with van der Waals surface area (Å²) in [6.45, 7) is 4.02. The van der Waals surface area contributed by atoms with Gasteiger partial charge in [0.25, 0.3) is 0 Å². The molecule has 0 aliphatic carbocycles. The van der Waals surface area contributed by atoms with Crippen molar-refractivity contribution in [3.8, 4) is 0 Å². The summed E-state index contributed by atoms with van der Waals surface area (Å²) in [4.78, 5) is 36.4. The number of nitrogens with one attached hydrogen (secondary N) is 1. The molecule has 1 amide bonds. The molecule has 1 aromatic heterocycles. The van der Waals surface area contributed by atoms with E-state index < -0.39 is 5.97 Å². The average Bonchev–Trinajstić information content (AvgIpc) is 3.25. The lowest BCUT2D eigenvalue weighted by molar-refractivity contribution is -0.116. The Kier molecular flexibility index (Phi) is 4.38. The number of hydrogen-bond donors (Lipinski definition) is 1. The lowest BCUT2D eigenvalue weighted by Crippen LogP contribution is -2.14. The van der Waals surface area contributed by atoms with Crippen molar-refractivity contribution in [2.45, 2.75) is 26.3 Å². The summed E-state index contributed by atoms with van der Waals surface area (Å²) < 4.78 is 6.89. The van der Waals surface area contributed by atoms with Gasteiger partial charge in [0.1, 0.15) is 5.52 Å². The number of ether oxygens (including phenoxy) is 1. The topological polar surface area (TPSA) is 103 Å². The van der Waals surface area contributed by atoms with Crippen LogP contribution in [0.15, 0.2) is 36.4 Å². The van der Waals surface area contributed by atoms with Crippen LogP contribution in [0.25, 0.3) is 11.0 Å². The first-order chi connectivity index (χ1) is 13.5. The molecule has 8 nitrogen and oxygen atoms in total. The zero-order valence-corrected chi connectivity index (χ0v) is 15.4. The van der Waals surface area contributed by atoms with Crippen LogP contribution >= 0.6 is 0 Å². The molecule has 1 atom stereocenters. The third kappa shape index (κ3) is 3.02. The summed E-state index contributed by atoms with van der Waals surface area (Å²) in [5.41, 5.74) is 3.60. The average molecular weight is 378 g/mol. The van der Waals surface area contributed by atoms with Crippen LogP contribution in [0.1, 0.15) is 46.0 Å². The number of anilines is 1. The molecule has 1 aliphatic rings. The van der Waals surface area contributed by atoms with Gasteiger partial charge in [0.15, 0.2) is 12.4 Å². The number of aryl methyl sites for hydroxylation is 1. The van der Waals surface area contributed by atoms with Crippen LogP contribution < -0.4 is 5.32 Å². The fourth-order valence-corrected chi connectivity index (χ4v) is 3.22. The van der Waals surface area contributed by atoms with Crippen LogP contribution in [0.5, 0.6) is 0 Å². The van der Waals surface area contributed by atoms with Gasteiger partial charge in [0.2, 0.25) is 5.91 Å². The molecule has 3 aromatic rings. The fraction of sp³-hybridized carbons (Fsp3) is 0.250. The van der Waals surface area contributed by atoms with Crippen LogP contribution in [0.3, 0.4) is 0 Å². The van der Waals surface area contributed by atoms with Gasteiger partial charge < -0.3 is 10.1 Å². The molecule has 4 rings (SSSR count). The molecule has 1 aliphatic heterocycles. The predicted octanol–water partition coefficient (Wildman–Crippen LogP) is 2.55. The Bertz CT molecular complexity index is 1120. The Morgan fingerprint density at radius 1 is 1.18 bits per heavy atom. The number of carbonyl (C=O) groups is 3. The van der Waals surface area contributed by atoms with E-state index in [1.165, 1.54) is 0 Å². The third-order valence-corrected chi connectivity index (χ3v) is 4.87. The minimum Gasteiger partial charge on any atom is -0.454 e. The van der Waals surface area contributed by atoms with E-state index in [4.69, 9.17) is 4.74 Å². The summed E-state index contributed by atoms with van der Waals surface area (Å²) in [7, 11) is 0. The van der Waals surface area contributed by atoms with Gasteiger partial charge in [-0.05, 0) is 55.8 Å². The molecule has 0 radical (unpaired) electrons. The van der Waals surface area contributed by atoms with Crippen LogP contribution in [0.4, 0.5) is 5.69 Å². The molecule has 0 saturated carbocycles. The van der Waals surface area contributed by atoms with Crippen molar-refractivity contribution in [2.75, 3.05) is 11.9 Å². The Balaban J connectivity index is 1.45. The molecular weight excluding hydrogens is 360 g/mol. The standard InChI is InChI=1S/C20H18N4O4/c1-3-24-17-7-5-13(9-16(17)22-23-24)20(27)28-10-18(25)12-4-6-15-14(8-12)11(2)19(26)21-15/h4-9,11H,3,10H2,1-2H3,(H,21,26)/t11-/m1/s1. The van der Waals surface area contributed by atoms with Gasteiger partial charge in [-0.2, -0.15) is 0 Å².